The van der Waals surface area contributed by atoms with E-state index in [1.165, 1.54) is 6.07 Å². The lowest BCUT2D eigenvalue weighted by Gasteiger charge is -2.35. The van der Waals surface area contributed by atoms with Crippen molar-refractivity contribution in [3.05, 3.63) is 59.5 Å². The second-order valence-electron chi connectivity index (χ2n) is 8.21. The number of anilines is 2. The molecule has 1 aromatic heterocycles. The SMILES string of the molecule is CC(=O)N1CC2CC1CN2c1cccc(NC(=O)c2cc3c(F)ccc(C)c3[nH]2)c1. The average Bonchev–Trinajstić information content (AvgIpc) is 3.45. The van der Waals surface area contributed by atoms with Crippen LogP contribution in [0.5, 0.6) is 0 Å². The average molecular weight is 406 g/mol. The number of nitrogens with zero attached hydrogens (tertiary/aromatic N) is 2. The van der Waals surface area contributed by atoms with Crippen molar-refractivity contribution in [2.24, 2.45) is 0 Å². The van der Waals surface area contributed by atoms with E-state index in [-0.39, 0.29) is 23.7 Å². The fraction of sp³-hybridized carbons (Fsp3) is 0.304. The third-order valence-electron chi connectivity index (χ3n) is 6.27. The van der Waals surface area contributed by atoms with Gasteiger partial charge in [0.05, 0.1) is 11.6 Å². The molecule has 154 valence electrons. The Hall–Kier alpha value is -3.35. The van der Waals surface area contributed by atoms with Gasteiger partial charge in [-0.1, -0.05) is 12.1 Å². The second-order valence-corrected chi connectivity index (χ2v) is 8.21. The van der Waals surface area contributed by atoms with Gasteiger partial charge < -0.3 is 20.1 Å². The van der Waals surface area contributed by atoms with Crippen LogP contribution in [0.2, 0.25) is 0 Å². The van der Waals surface area contributed by atoms with Crippen LogP contribution in [0.25, 0.3) is 10.9 Å². The number of nitrogens with one attached hydrogen (secondary N) is 2. The summed E-state index contributed by atoms with van der Waals surface area (Å²) >= 11 is 0. The van der Waals surface area contributed by atoms with Gasteiger partial charge in [0.2, 0.25) is 5.91 Å². The highest BCUT2D eigenvalue weighted by molar-refractivity contribution is 6.06. The highest BCUT2D eigenvalue weighted by Gasteiger charge is 2.44. The number of benzene rings is 2. The van der Waals surface area contributed by atoms with Gasteiger partial charge in [0.15, 0.2) is 0 Å². The highest BCUT2D eigenvalue weighted by Crippen LogP contribution is 2.35. The zero-order valence-corrected chi connectivity index (χ0v) is 16.9. The number of H-pyrrole nitrogens is 1. The maximum Gasteiger partial charge on any atom is 0.272 e. The van der Waals surface area contributed by atoms with Crippen molar-refractivity contribution in [3.8, 4) is 0 Å². The zero-order valence-electron chi connectivity index (χ0n) is 16.9. The van der Waals surface area contributed by atoms with Gasteiger partial charge in [0.1, 0.15) is 11.5 Å². The molecule has 2 N–H and O–H groups in total. The fourth-order valence-corrected chi connectivity index (χ4v) is 4.78. The van der Waals surface area contributed by atoms with Gasteiger partial charge in [-0.2, -0.15) is 0 Å². The minimum atomic E-state index is -0.350. The first-order valence-corrected chi connectivity index (χ1v) is 10.1. The van der Waals surface area contributed by atoms with Gasteiger partial charge in [-0.25, -0.2) is 4.39 Å². The molecule has 0 aliphatic carbocycles. The Labute approximate surface area is 173 Å². The van der Waals surface area contributed by atoms with Gasteiger partial charge >= 0.3 is 0 Å². The van der Waals surface area contributed by atoms with Crippen molar-refractivity contribution in [3.63, 3.8) is 0 Å². The number of carbonyl (C=O) groups excluding carboxylic acids is 2. The van der Waals surface area contributed by atoms with Gasteiger partial charge in [-0.05, 0) is 49.2 Å². The van der Waals surface area contributed by atoms with E-state index in [1.807, 2.05) is 36.1 Å². The monoisotopic (exact) mass is 406 g/mol. The maximum atomic E-state index is 14.1. The summed E-state index contributed by atoms with van der Waals surface area (Å²) in [5.41, 5.74) is 3.55. The largest absolute Gasteiger partial charge is 0.365 e. The van der Waals surface area contributed by atoms with Crippen molar-refractivity contribution in [2.75, 3.05) is 23.3 Å². The predicted octanol–water partition coefficient (Wildman–Crippen LogP) is 3.68. The minimum Gasteiger partial charge on any atom is -0.365 e. The Morgan fingerprint density at radius 3 is 2.67 bits per heavy atom. The van der Waals surface area contributed by atoms with Crippen LogP contribution in [0.15, 0.2) is 42.5 Å². The quantitative estimate of drug-likeness (QED) is 0.697. The van der Waals surface area contributed by atoms with Gasteiger partial charge in [0.25, 0.3) is 5.91 Å². The van der Waals surface area contributed by atoms with E-state index in [9.17, 15) is 14.0 Å². The molecule has 2 aliphatic heterocycles. The maximum absolute atomic E-state index is 14.1. The van der Waals surface area contributed by atoms with E-state index >= 15 is 0 Å². The number of carbonyl (C=O) groups is 2. The molecule has 6 nitrogen and oxygen atoms in total. The summed E-state index contributed by atoms with van der Waals surface area (Å²) in [7, 11) is 0. The molecule has 2 aliphatic rings. The van der Waals surface area contributed by atoms with Crippen LogP contribution < -0.4 is 10.2 Å². The number of hydrogen-bond acceptors (Lipinski definition) is 3. The number of aryl methyl sites for hydroxylation is 1. The van der Waals surface area contributed by atoms with Gasteiger partial charge in [0, 0.05) is 42.8 Å². The van der Waals surface area contributed by atoms with Crippen molar-refractivity contribution < 1.29 is 14.0 Å². The van der Waals surface area contributed by atoms with Crippen LogP contribution in [-0.4, -0.2) is 46.9 Å². The van der Waals surface area contributed by atoms with E-state index in [0.717, 1.165) is 30.8 Å². The van der Waals surface area contributed by atoms with E-state index in [2.05, 4.69) is 15.2 Å². The van der Waals surface area contributed by atoms with Crippen LogP contribution in [0.3, 0.4) is 0 Å². The molecule has 2 bridgehead atoms. The minimum absolute atomic E-state index is 0.133. The number of aromatic amines is 1. The van der Waals surface area contributed by atoms with Crippen LogP contribution in [-0.2, 0) is 4.79 Å². The lowest BCUT2D eigenvalue weighted by Crippen LogP contribution is -2.48. The van der Waals surface area contributed by atoms with Crippen LogP contribution in [0.4, 0.5) is 15.8 Å². The molecule has 2 saturated heterocycles. The highest BCUT2D eigenvalue weighted by atomic mass is 19.1. The van der Waals surface area contributed by atoms with Crippen molar-refractivity contribution in [1.29, 1.82) is 0 Å². The van der Waals surface area contributed by atoms with E-state index in [4.69, 9.17) is 0 Å². The molecule has 5 rings (SSSR count). The number of fused-ring (bicyclic) bond motifs is 3. The molecule has 30 heavy (non-hydrogen) atoms. The Morgan fingerprint density at radius 2 is 1.97 bits per heavy atom. The van der Waals surface area contributed by atoms with E-state index < -0.39 is 0 Å². The number of aromatic nitrogens is 1. The first-order chi connectivity index (χ1) is 14.4. The number of likely N-dealkylation sites (tertiary alicyclic amines) is 1. The van der Waals surface area contributed by atoms with Gasteiger partial charge in [-0.15, -0.1) is 0 Å². The molecule has 3 heterocycles. The molecule has 3 aromatic rings. The third-order valence-corrected chi connectivity index (χ3v) is 6.27. The fourth-order valence-electron chi connectivity index (χ4n) is 4.78. The van der Waals surface area contributed by atoms with Crippen molar-refractivity contribution in [2.45, 2.75) is 32.4 Å². The number of rotatable bonds is 3. The topological polar surface area (TPSA) is 68.4 Å². The Bertz CT molecular complexity index is 1130. The summed E-state index contributed by atoms with van der Waals surface area (Å²) in [6.07, 6.45) is 0.982. The Kier molecular flexibility index (Phi) is 4.27. The van der Waals surface area contributed by atoms with Crippen molar-refractivity contribution >= 4 is 34.1 Å². The molecule has 2 aromatic carbocycles. The summed E-state index contributed by atoms with van der Waals surface area (Å²) in [5.74, 6) is -0.530. The summed E-state index contributed by atoms with van der Waals surface area (Å²) < 4.78 is 14.1. The van der Waals surface area contributed by atoms with Crippen LogP contribution in [0.1, 0.15) is 29.4 Å². The number of piperazine rings is 1. The summed E-state index contributed by atoms with van der Waals surface area (Å²) in [4.78, 5) is 31.8. The first-order valence-electron chi connectivity index (χ1n) is 10.1. The van der Waals surface area contributed by atoms with E-state index in [1.54, 1.807) is 19.1 Å². The number of amides is 2. The summed E-state index contributed by atoms with van der Waals surface area (Å²) in [6.45, 7) is 5.05. The smallest absolute Gasteiger partial charge is 0.272 e. The second kappa shape index (κ2) is 6.86. The number of halogens is 1. The van der Waals surface area contributed by atoms with Crippen molar-refractivity contribution in [1.82, 2.24) is 9.88 Å². The summed E-state index contributed by atoms with van der Waals surface area (Å²) in [5, 5.41) is 3.32. The lowest BCUT2D eigenvalue weighted by atomic mass is 10.1. The first kappa shape index (κ1) is 18.7. The predicted molar refractivity (Wildman–Crippen MR) is 114 cm³/mol. The molecule has 0 saturated carbocycles. The summed E-state index contributed by atoms with van der Waals surface area (Å²) in [6, 6.07) is 12.9. The molecule has 0 spiro atoms. The Morgan fingerprint density at radius 1 is 1.13 bits per heavy atom. The molecule has 2 fully saturated rings. The third kappa shape index (κ3) is 3.01. The molecule has 2 amide bonds. The molecular formula is C23H23FN4O2. The standard InChI is InChI=1S/C23H23FN4O2/c1-13-6-7-20(24)19-10-21(26-22(13)19)23(30)25-15-4-3-5-16(8-15)28-12-17-9-18(28)11-27(17)14(2)29/h3-8,10,17-18,26H,9,11-12H2,1-2H3,(H,25,30). The lowest BCUT2D eigenvalue weighted by molar-refractivity contribution is -0.129. The number of hydrogen-bond donors (Lipinski definition) is 2. The molecule has 7 heteroatoms. The molecule has 2 atom stereocenters. The zero-order chi connectivity index (χ0) is 21.0. The molecule has 0 radical (unpaired) electrons. The van der Waals surface area contributed by atoms with Crippen LogP contribution >= 0.6 is 0 Å². The van der Waals surface area contributed by atoms with Crippen LogP contribution in [0, 0.1) is 12.7 Å². The van der Waals surface area contributed by atoms with Gasteiger partial charge in [-0.3, -0.25) is 9.59 Å². The Balaban J connectivity index is 1.35. The van der Waals surface area contributed by atoms with E-state index in [0.29, 0.717) is 28.3 Å². The molecule has 2 unspecified atom stereocenters. The molecular weight excluding hydrogens is 383 g/mol. The normalized spacial score (nSPS) is 20.2.